The molecule has 2 aromatic rings. The SMILES string of the molecule is CNCCC1CCN(Cc2nc(-c3ccsc3)oc2C)CC1. The topological polar surface area (TPSA) is 41.3 Å². The third-order valence-corrected chi connectivity index (χ3v) is 5.23. The van der Waals surface area contributed by atoms with E-state index in [0.717, 1.165) is 41.9 Å². The summed E-state index contributed by atoms with van der Waals surface area (Å²) >= 11 is 1.68. The summed E-state index contributed by atoms with van der Waals surface area (Å²) in [5.41, 5.74) is 2.18. The van der Waals surface area contributed by atoms with Crippen LogP contribution in [0.5, 0.6) is 0 Å². The van der Waals surface area contributed by atoms with E-state index < -0.39 is 0 Å². The second kappa shape index (κ2) is 7.40. The quantitative estimate of drug-likeness (QED) is 0.884. The average Bonchev–Trinajstić information content (AvgIpc) is 3.17. The van der Waals surface area contributed by atoms with Crippen molar-refractivity contribution in [3.63, 3.8) is 0 Å². The smallest absolute Gasteiger partial charge is 0.227 e. The van der Waals surface area contributed by atoms with Crippen LogP contribution in [0.3, 0.4) is 0 Å². The molecule has 1 N–H and O–H groups in total. The van der Waals surface area contributed by atoms with Gasteiger partial charge in [-0.3, -0.25) is 4.90 Å². The monoisotopic (exact) mass is 319 g/mol. The predicted molar refractivity (Wildman–Crippen MR) is 91.1 cm³/mol. The summed E-state index contributed by atoms with van der Waals surface area (Å²) in [6.07, 6.45) is 3.90. The number of nitrogens with one attached hydrogen (secondary N) is 1. The Labute approximate surface area is 136 Å². The number of aryl methyl sites for hydroxylation is 1. The van der Waals surface area contributed by atoms with Crippen molar-refractivity contribution in [2.24, 2.45) is 5.92 Å². The van der Waals surface area contributed by atoms with Gasteiger partial charge in [-0.05, 0) is 70.2 Å². The van der Waals surface area contributed by atoms with Crippen molar-refractivity contribution in [2.75, 3.05) is 26.7 Å². The molecule has 1 fully saturated rings. The van der Waals surface area contributed by atoms with Crippen LogP contribution in [0, 0.1) is 12.8 Å². The Morgan fingerprint density at radius 1 is 1.41 bits per heavy atom. The molecule has 0 aromatic carbocycles. The van der Waals surface area contributed by atoms with Gasteiger partial charge in [-0.25, -0.2) is 4.98 Å². The van der Waals surface area contributed by atoms with Crippen molar-refractivity contribution in [1.82, 2.24) is 15.2 Å². The van der Waals surface area contributed by atoms with Crippen molar-refractivity contribution in [3.8, 4) is 11.5 Å². The van der Waals surface area contributed by atoms with Gasteiger partial charge in [0, 0.05) is 17.5 Å². The normalized spacial score (nSPS) is 17.2. The average molecular weight is 319 g/mol. The molecule has 5 heteroatoms. The van der Waals surface area contributed by atoms with Gasteiger partial charge < -0.3 is 9.73 Å². The number of thiophene rings is 1. The third kappa shape index (κ3) is 3.77. The largest absolute Gasteiger partial charge is 0.441 e. The number of nitrogens with zero attached hydrogens (tertiary/aromatic N) is 2. The van der Waals surface area contributed by atoms with Crippen LogP contribution < -0.4 is 5.32 Å². The minimum Gasteiger partial charge on any atom is -0.441 e. The van der Waals surface area contributed by atoms with Gasteiger partial charge in [-0.15, -0.1) is 0 Å². The number of rotatable bonds is 6. The highest BCUT2D eigenvalue weighted by Crippen LogP contribution is 2.26. The Hall–Kier alpha value is -1.17. The molecule has 0 aliphatic carbocycles. The lowest BCUT2D eigenvalue weighted by Crippen LogP contribution is -2.34. The van der Waals surface area contributed by atoms with Crippen LogP contribution in [0.4, 0.5) is 0 Å². The summed E-state index contributed by atoms with van der Waals surface area (Å²) < 4.78 is 5.84. The van der Waals surface area contributed by atoms with Crippen LogP contribution in [0.2, 0.25) is 0 Å². The molecule has 0 spiro atoms. The van der Waals surface area contributed by atoms with E-state index in [1.54, 1.807) is 11.3 Å². The Morgan fingerprint density at radius 2 is 2.23 bits per heavy atom. The maximum atomic E-state index is 5.84. The van der Waals surface area contributed by atoms with Gasteiger partial charge in [-0.2, -0.15) is 11.3 Å². The lowest BCUT2D eigenvalue weighted by molar-refractivity contribution is 0.170. The van der Waals surface area contributed by atoms with E-state index in [0.29, 0.717) is 0 Å². The lowest BCUT2D eigenvalue weighted by atomic mass is 9.93. The first kappa shape index (κ1) is 15.7. The van der Waals surface area contributed by atoms with E-state index in [2.05, 4.69) is 27.0 Å². The first-order valence-corrected chi connectivity index (χ1v) is 9.06. The highest BCUT2D eigenvalue weighted by atomic mass is 32.1. The van der Waals surface area contributed by atoms with Gasteiger partial charge >= 0.3 is 0 Å². The standard InChI is InChI=1S/C17H25N3OS/c1-13-16(19-17(21-13)15-6-10-22-12-15)11-20-8-4-14(5-9-20)3-7-18-2/h6,10,12,14,18H,3-5,7-9,11H2,1-2H3. The number of oxazole rings is 1. The Bertz CT molecular complexity index is 571. The van der Waals surface area contributed by atoms with Gasteiger partial charge in [0.15, 0.2) is 0 Å². The second-order valence-electron chi connectivity index (χ2n) is 6.15. The van der Waals surface area contributed by atoms with E-state index in [1.165, 1.54) is 32.4 Å². The van der Waals surface area contributed by atoms with Crippen LogP contribution in [0.25, 0.3) is 11.5 Å². The molecule has 22 heavy (non-hydrogen) atoms. The van der Waals surface area contributed by atoms with Crippen molar-refractivity contribution >= 4 is 11.3 Å². The fourth-order valence-electron chi connectivity index (χ4n) is 3.08. The maximum Gasteiger partial charge on any atom is 0.227 e. The summed E-state index contributed by atoms with van der Waals surface area (Å²) in [5, 5.41) is 7.40. The van der Waals surface area contributed by atoms with Crippen molar-refractivity contribution < 1.29 is 4.42 Å². The summed E-state index contributed by atoms with van der Waals surface area (Å²) in [4.78, 5) is 7.22. The third-order valence-electron chi connectivity index (χ3n) is 4.54. The fourth-order valence-corrected chi connectivity index (χ4v) is 3.71. The molecule has 1 aliphatic heterocycles. The minimum absolute atomic E-state index is 0.762. The highest BCUT2D eigenvalue weighted by Gasteiger charge is 2.21. The van der Waals surface area contributed by atoms with Gasteiger partial charge in [-0.1, -0.05) is 0 Å². The molecule has 0 atom stereocenters. The molecule has 0 bridgehead atoms. The van der Waals surface area contributed by atoms with E-state index >= 15 is 0 Å². The van der Waals surface area contributed by atoms with Crippen LogP contribution in [-0.4, -0.2) is 36.6 Å². The Kier molecular flexibility index (Phi) is 5.28. The van der Waals surface area contributed by atoms with Crippen LogP contribution in [0.1, 0.15) is 30.7 Å². The van der Waals surface area contributed by atoms with E-state index in [9.17, 15) is 0 Å². The summed E-state index contributed by atoms with van der Waals surface area (Å²) in [7, 11) is 2.04. The maximum absolute atomic E-state index is 5.84. The summed E-state index contributed by atoms with van der Waals surface area (Å²) in [6.45, 7) is 6.43. The van der Waals surface area contributed by atoms with Crippen LogP contribution >= 0.6 is 11.3 Å². The zero-order valence-electron chi connectivity index (χ0n) is 13.5. The van der Waals surface area contributed by atoms with E-state index in [-0.39, 0.29) is 0 Å². The van der Waals surface area contributed by atoms with E-state index in [4.69, 9.17) is 9.40 Å². The number of piperidine rings is 1. The number of likely N-dealkylation sites (tertiary alicyclic amines) is 1. The van der Waals surface area contributed by atoms with Gasteiger partial charge in [0.1, 0.15) is 5.76 Å². The minimum atomic E-state index is 0.762. The first-order chi connectivity index (χ1) is 10.8. The molecule has 1 saturated heterocycles. The van der Waals surface area contributed by atoms with Gasteiger partial charge in [0.25, 0.3) is 0 Å². The second-order valence-corrected chi connectivity index (χ2v) is 6.93. The summed E-state index contributed by atoms with van der Waals surface area (Å²) in [5.74, 6) is 2.60. The Balaban J connectivity index is 1.56. The van der Waals surface area contributed by atoms with Gasteiger partial charge in [0.05, 0.1) is 5.69 Å². The van der Waals surface area contributed by atoms with Crippen LogP contribution in [0.15, 0.2) is 21.2 Å². The summed E-state index contributed by atoms with van der Waals surface area (Å²) in [6, 6.07) is 2.06. The molecule has 120 valence electrons. The first-order valence-electron chi connectivity index (χ1n) is 8.12. The zero-order chi connectivity index (χ0) is 15.4. The number of hydrogen-bond acceptors (Lipinski definition) is 5. The number of hydrogen-bond donors (Lipinski definition) is 1. The van der Waals surface area contributed by atoms with Gasteiger partial charge in [0.2, 0.25) is 5.89 Å². The van der Waals surface area contributed by atoms with Crippen molar-refractivity contribution in [1.29, 1.82) is 0 Å². The molecule has 3 heterocycles. The molecule has 0 amide bonds. The molecule has 0 saturated carbocycles. The van der Waals surface area contributed by atoms with Crippen molar-refractivity contribution in [3.05, 3.63) is 28.3 Å². The fraction of sp³-hybridized carbons (Fsp3) is 0.588. The lowest BCUT2D eigenvalue weighted by Gasteiger charge is -2.31. The Morgan fingerprint density at radius 3 is 2.91 bits per heavy atom. The highest BCUT2D eigenvalue weighted by molar-refractivity contribution is 7.08. The zero-order valence-corrected chi connectivity index (χ0v) is 14.3. The van der Waals surface area contributed by atoms with Crippen molar-refractivity contribution in [2.45, 2.75) is 32.7 Å². The molecule has 3 rings (SSSR count). The van der Waals surface area contributed by atoms with E-state index in [1.807, 2.05) is 14.0 Å². The molecule has 4 nitrogen and oxygen atoms in total. The molecule has 0 radical (unpaired) electrons. The molecular formula is C17H25N3OS. The molecule has 0 unspecified atom stereocenters. The molecule has 2 aromatic heterocycles. The van der Waals surface area contributed by atoms with Crippen LogP contribution in [-0.2, 0) is 6.54 Å². The number of aromatic nitrogens is 1. The predicted octanol–water partition coefficient (Wildman–Crippen LogP) is 3.53. The molecule has 1 aliphatic rings. The molecular weight excluding hydrogens is 294 g/mol.